The van der Waals surface area contributed by atoms with Crippen molar-refractivity contribution in [3.8, 4) is 0 Å². The normalized spacial score (nSPS) is 15.9. The maximum Gasteiger partial charge on any atom is 0.135 e. The largest absolute Gasteiger partial charge is 0.357 e. The molecule has 4 nitrogen and oxygen atoms in total. The van der Waals surface area contributed by atoms with Gasteiger partial charge in [-0.2, -0.15) is 0 Å². The molecule has 2 N–H and O–H groups in total. The Morgan fingerprint density at radius 1 is 1.44 bits per heavy atom. The first kappa shape index (κ1) is 11.3. The van der Waals surface area contributed by atoms with Crippen molar-refractivity contribution in [3.63, 3.8) is 0 Å². The van der Waals surface area contributed by atoms with E-state index in [1.54, 1.807) is 6.33 Å². The molecule has 0 radical (unpaired) electrons. The Bertz CT molecular complexity index is 364. The highest BCUT2D eigenvalue weighted by molar-refractivity contribution is 5.50. The van der Waals surface area contributed by atoms with E-state index in [1.165, 1.54) is 17.7 Å². The van der Waals surface area contributed by atoms with Gasteiger partial charge in [0.05, 0.1) is 0 Å². The minimum Gasteiger partial charge on any atom is -0.357 e. The van der Waals surface area contributed by atoms with E-state index < -0.39 is 0 Å². The van der Waals surface area contributed by atoms with Gasteiger partial charge in [0.25, 0.3) is 0 Å². The second-order valence-corrected chi connectivity index (χ2v) is 4.51. The van der Waals surface area contributed by atoms with Crippen LogP contribution < -0.4 is 10.6 Å². The van der Waals surface area contributed by atoms with Gasteiger partial charge in [-0.1, -0.05) is 0 Å². The van der Waals surface area contributed by atoms with Crippen molar-refractivity contribution in [1.82, 2.24) is 9.97 Å². The van der Waals surface area contributed by atoms with Crippen LogP contribution in [-0.4, -0.2) is 29.6 Å². The average molecular weight is 220 g/mol. The number of rotatable bonds is 4. The first-order chi connectivity index (χ1) is 7.74. The van der Waals surface area contributed by atoms with Crippen LogP contribution in [0.2, 0.25) is 0 Å². The molecule has 4 heteroatoms. The molecule has 1 aliphatic carbocycles. The van der Waals surface area contributed by atoms with Crippen molar-refractivity contribution >= 4 is 5.82 Å². The van der Waals surface area contributed by atoms with Crippen molar-refractivity contribution in [2.45, 2.75) is 38.6 Å². The molecule has 1 aliphatic rings. The summed E-state index contributed by atoms with van der Waals surface area (Å²) in [5, 5.41) is 0. The smallest absolute Gasteiger partial charge is 0.135 e. The van der Waals surface area contributed by atoms with Gasteiger partial charge >= 0.3 is 0 Å². The highest BCUT2D eigenvalue weighted by atomic mass is 15.2. The Balaban J connectivity index is 2.23. The summed E-state index contributed by atoms with van der Waals surface area (Å²) < 4.78 is 0. The molecule has 1 heterocycles. The molecular formula is C12H20N4. The van der Waals surface area contributed by atoms with E-state index in [4.69, 9.17) is 5.73 Å². The lowest BCUT2D eigenvalue weighted by Crippen LogP contribution is -2.32. The molecule has 0 spiro atoms. The van der Waals surface area contributed by atoms with Gasteiger partial charge in [-0.15, -0.1) is 0 Å². The van der Waals surface area contributed by atoms with Gasteiger partial charge in [0.2, 0.25) is 0 Å². The van der Waals surface area contributed by atoms with Crippen molar-refractivity contribution in [2.75, 3.05) is 18.5 Å². The van der Waals surface area contributed by atoms with Crippen LogP contribution in [0.3, 0.4) is 0 Å². The Hall–Kier alpha value is -1.16. The zero-order chi connectivity index (χ0) is 11.5. The predicted molar refractivity (Wildman–Crippen MR) is 65.6 cm³/mol. The Morgan fingerprint density at radius 2 is 2.25 bits per heavy atom. The molecule has 16 heavy (non-hydrogen) atoms. The average Bonchev–Trinajstić information content (AvgIpc) is 2.76. The molecule has 88 valence electrons. The van der Waals surface area contributed by atoms with E-state index in [0.29, 0.717) is 6.04 Å². The third kappa shape index (κ3) is 2.02. The van der Waals surface area contributed by atoms with Crippen molar-refractivity contribution in [3.05, 3.63) is 17.6 Å². The van der Waals surface area contributed by atoms with E-state index >= 15 is 0 Å². The van der Waals surface area contributed by atoms with E-state index in [2.05, 4.69) is 28.8 Å². The molecule has 0 fully saturated rings. The summed E-state index contributed by atoms with van der Waals surface area (Å²) >= 11 is 0. The summed E-state index contributed by atoms with van der Waals surface area (Å²) in [7, 11) is 2.10. The van der Waals surface area contributed by atoms with Gasteiger partial charge in [0.1, 0.15) is 12.1 Å². The lowest BCUT2D eigenvalue weighted by atomic mass is 10.1. The molecule has 0 aromatic carbocycles. The Kier molecular flexibility index (Phi) is 3.39. The second kappa shape index (κ2) is 4.78. The number of hydrogen-bond donors (Lipinski definition) is 1. The minimum absolute atomic E-state index is 0.435. The van der Waals surface area contributed by atoms with Crippen molar-refractivity contribution in [2.24, 2.45) is 5.73 Å². The third-order valence-electron chi connectivity index (χ3n) is 3.43. The lowest BCUT2D eigenvalue weighted by molar-refractivity contribution is 0.626. The fourth-order valence-electron chi connectivity index (χ4n) is 2.29. The fourth-order valence-corrected chi connectivity index (χ4v) is 2.29. The van der Waals surface area contributed by atoms with Gasteiger partial charge in [-0.05, 0) is 39.2 Å². The highest BCUT2D eigenvalue weighted by Crippen LogP contribution is 2.28. The summed E-state index contributed by atoms with van der Waals surface area (Å²) in [4.78, 5) is 11.0. The number of anilines is 1. The van der Waals surface area contributed by atoms with E-state index in [0.717, 1.165) is 31.6 Å². The van der Waals surface area contributed by atoms with Crippen LogP contribution in [0.25, 0.3) is 0 Å². The zero-order valence-electron chi connectivity index (χ0n) is 10.1. The first-order valence-electron chi connectivity index (χ1n) is 5.99. The lowest BCUT2D eigenvalue weighted by Gasteiger charge is -2.27. The third-order valence-corrected chi connectivity index (χ3v) is 3.43. The van der Waals surface area contributed by atoms with Gasteiger partial charge in [-0.3, -0.25) is 0 Å². The van der Waals surface area contributed by atoms with Crippen LogP contribution in [-0.2, 0) is 12.8 Å². The number of fused-ring (bicyclic) bond motifs is 1. The quantitative estimate of drug-likeness (QED) is 0.826. The number of aromatic nitrogens is 2. The van der Waals surface area contributed by atoms with Crippen LogP contribution >= 0.6 is 0 Å². The number of hydrogen-bond acceptors (Lipinski definition) is 4. The molecule has 1 unspecified atom stereocenters. The number of nitrogens with zero attached hydrogens (tertiary/aromatic N) is 3. The Morgan fingerprint density at radius 3 is 3.00 bits per heavy atom. The maximum atomic E-state index is 5.60. The minimum atomic E-state index is 0.435. The molecule has 1 aromatic heterocycles. The number of aryl methyl sites for hydroxylation is 1. The molecule has 0 saturated heterocycles. The molecule has 0 amide bonds. The molecule has 1 aromatic rings. The van der Waals surface area contributed by atoms with Crippen LogP contribution in [0, 0.1) is 0 Å². The summed E-state index contributed by atoms with van der Waals surface area (Å²) in [5.74, 6) is 1.10. The first-order valence-corrected chi connectivity index (χ1v) is 5.99. The van der Waals surface area contributed by atoms with Gasteiger partial charge in [0, 0.05) is 24.3 Å². The van der Waals surface area contributed by atoms with Crippen molar-refractivity contribution in [1.29, 1.82) is 0 Å². The molecule has 0 saturated carbocycles. The van der Waals surface area contributed by atoms with Gasteiger partial charge in [-0.25, -0.2) is 9.97 Å². The summed E-state index contributed by atoms with van der Waals surface area (Å²) in [6.07, 6.45) is 6.11. The highest BCUT2D eigenvalue weighted by Gasteiger charge is 2.21. The van der Waals surface area contributed by atoms with Gasteiger partial charge in [0.15, 0.2) is 0 Å². The summed E-state index contributed by atoms with van der Waals surface area (Å²) in [6.45, 7) is 2.91. The van der Waals surface area contributed by atoms with Crippen LogP contribution in [0.15, 0.2) is 6.33 Å². The molecule has 1 atom stereocenters. The Labute approximate surface area is 96.9 Å². The monoisotopic (exact) mass is 220 g/mol. The second-order valence-electron chi connectivity index (χ2n) is 4.51. The van der Waals surface area contributed by atoms with Crippen LogP contribution in [0.4, 0.5) is 5.82 Å². The summed E-state index contributed by atoms with van der Waals surface area (Å²) in [6, 6.07) is 0.435. The maximum absolute atomic E-state index is 5.60. The molecule has 2 rings (SSSR count). The van der Waals surface area contributed by atoms with E-state index in [9.17, 15) is 0 Å². The predicted octanol–water partition coefficient (Wildman–Crippen LogP) is 1.14. The van der Waals surface area contributed by atoms with E-state index in [1.807, 2.05) is 0 Å². The topological polar surface area (TPSA) is 55.0 Å². The van der Waals surface area contributed by atoms with Gasteiger partial charge < -0.3 is 10.6 Å². The molecular weight excluding hydrogens is 200 g/mol. The van der Waals surface area contributed by atoms with E-state index in [-0.39, 0.29) is 0 Å². The number of nitrogens with two attached hydrogens (primary N) is 1. The van der Waals surface area contributed by atoms with Crippen LogP contribution in [0.1, 0.15) is 31.0 Å². The van der Waals surface area contributed by atoms with Crippen molar-refractivity contribution < 1.29 is 0 Å². The zero-order valence-corrected chi connectivity index (χ0v) is 10.1. The standard InChI is InChI=1S/C12H20N4/c1-9(6-7-13)16(2)12-10-4-3-5-11(10)14-8-15-12/h8-9H,3-7,13H2,1-2H3. The van der Waals surface area contributed by atoms with Crippen LogP contribution in [0.5, 0.6) is 0 Å². The summed E-state index contributed by atoms with van der Waals surface area (Å²) in [5.41, 5.74) is 8.17. The SMILES string of the molecule is CC(CCN)N(C)c1ncnc2c1CCC2. The molecule has 0 bridgehead atoms. The molecule has 0 aliphatic heterocycles. The fraction of sp³-hybridized carbons (Fsp3) is 0.667.